The number of benzene rings is 2. The van der Waals surface area contributed by atoms with Crippen LogP contribution in [-0.2, 0) is 6.54 Å². The predicted molar refractivity (Wildman–Crippen MR) is 81.5 cm³/mol. The minimum Gasteiger partial charge on any atom is -0.504 e. The van der Waals surface area contributed by atoms with E-state index < -0.39 is 11.7 Å². The third kappa shape index (κ3) is 3.73. The van der Waals surface area contributed by atoms with Gasteiger partial charge in [-0.3, -0.25) is 4.79 Å². The number of aromatic hydroxyl groups is 2. The highest BCUT2D eigenvalue weighted by Crippen LogP contribution is 2.28. The second-order valence-electron chi connectivity index (χ2n) is 4.60. The highest BCUT2D eigenvalue weighted by atomic mass is 16.3. The number of carbonyl (C=O) groups is 1. The van der Waals surface area contributed by atoms with Crippen LogP contribution in [0.5, 0.6) is 11.5 Å². The van der Waals surface area contributed by atoms with E-state index in [2.05, 4.69) is 10.6 Å². The molecule has 0 spiro atoms. The fourth-order valence-corrected chi connectivity index (χ4v) is 1.89. The number of anilines is 1. The van der Waals surface area contributed by atoms with Gasteiger partial charge >= 0.3 is 0 Å². The van der Waals surface area contributed by atoms with E-state index in [1.54, 1.807) is 12.1 Å². The van der Waals surface area contributed by atoms with Crippen molar-refractivity contribution in [3.8, 4) is 11.5 Å². The molecule has 0 unspecified atom stereocenters. The number of phenols is 2. The molecule has 0 aliphatic heterocycles. The first-order valence-electron chi connectivity index (χ1n) is 6.73. The second kappa shape index (κ2) is 6.76. The third-order valence-electron chi connectivity index (χ3n) is 3.05. The molecule has 0 aliphatic carbocycles. The van der Waals surface area contributed by atoms with E-state index >= 15 is 0 Å². The van der Waals surface area contributed by atoms with Crippen LogP contribution in [0.15, 0.2) is 42.5 Å². The first kappa shape index (κ1) is 14.9. The van der Waals surface area contributed by atoms with Crippen molar-refractivity contribution in [1.82, 2.24) is 5.32 Å². The van der Waals surface area contributed by atoms with Gasteiger partial charge in [-0.25, -0.2) is 0 Å². The van der Waals surface area contributed by atoms with Crippen molar-refractivity contribution in [2.24, 2.45) is 0 Å². The average molecular weight is 286 g/mol. The molecule has 5 heteroatoms. The SMILES string of the molecule is CCNCc1ccc(NC(=O)c2cccc(O)c2O)cc1. The molecule has 0 saturated heterocycles. The van der Waals surface area contributed by atoms with Crippen molar-refractivity contribution in [1.29, 1.82) is 0 Å². The van der Waals surface area contributed by atoms with Crippen molar-refractivity contribution >= 4 is 11.6 Å². The lowest BCUT2D eigenvalue weighted by Crippen LogP contribution is -2.13. The summed E-state index contributed by atoms with van der Waals surface area (Å²) in [6.45, 7) is 3.71. The molecule has 2 aromatic rings. The Kier molecular flexibility index (Phi) is 4.79. The summed E-state index contributed by atoms with van der Waals surface area (Å²) in [5.41, 5.74) is 1.78. The van der Waals surface area contributed by atoms with Crippen LogP contribution >= 0.6 is 0 Å². The summed E-state index contributed by atoms with van der Waals surface area (Å²) in [5.74, 6) is -1.20. The van der Waals surface area contributed by atoms with E-state index in [-0.39, 0.29) is 11.3 Å². The van der Waals surface area contributed by atoms with Crippen molar-refractivity contribution in [2.45, 2.75) is 13.5 Å². The highest BCUT2D eigenvalue weighted by Gasteiger charge is 2.13. The third-order valence-corrected chi connectivity index (χ3v) is 3.05. The molecule has 0 bridgehead atoms. The molecule has 21 heavy (non-hydrogen) atoms. The second-order valence-corrected chi connectivity index (χ2v) is 4.60. The fraction of sp³-hybridized carbons (Fsp3) is 0.188. The highest BCUT2D eigenvalue weighted by molar-refractivity contribution is 6.06. The molecular weight excluding hydrogens is 268 g/mol. The summed E-state index contributed by atoms with van der Waals surface area (Å²) in [7, 11) is 0. The van der Waals surface area contributed by atoms with Gasteiger partial charge in [-0.15, -0.1) is 0 Å². The topological polar surface area (TPSA) is 81.6 Å². The molecule has 0 heterocycles. The van der Waals surface area contributed by atoms with Gasteiger partial charge in [0.1, 0.15) is 0 Å². The summed E-state index contributed by atoms with van der Waals surface area (Å²) < 4.78 is 0. The molecule has 2 aromatic carbocycles. The fourth-order valence-electron chi connectivity index (χ4n) is 1.89. The lowest BCUT2D eigenvalue weighted by Gasteiger charge is -2.08. The van der Waals surface area contributed by atoms with Crippen LogP contribution in [0.2, 0.25) is 0 Å². The molecule has 0 fully saturated rings. The maximum Gasteiger partial charge on any atom is 0.259 e. The number of amides is 1. The Morgan fingerprint density at radius 1 is 1.10 bits per heavy atom. The number of phenolic OH excluding ortho intramolecular Hbond substituents is 2. The van der Waals surface area contributed by atoms with E-state index in [9.17, 15) is 15.0 Å². The van der Waals surface area contributed by atoms with Gasteiger partial charge in [0.15, 0.2) is 11.5 Å². The van der Waals surface area contributed by atoms with Gasteiger partial charge < -0.3 is 20.8 Å². The summed E-state index contributed by atoms with van der Waals surface area (Å²) in [4.78, 5) is 12.0. The van der Waals surface area contributed by atoms with Gasteiger partial charge in [-0.1, -0.05) is 25.1 Å². The number of carbonyl (C=O) groups excluding carboxylic acids is 1. The maximum atomic E-state index is 12.0. The van der Waals surface area contributed by atoms with E-state index in [0.29, 0.717) is 5.69 Å². The summed E-state index contributed by atoms with van der Waals surface area (Å²) >= 11 is 0. The van der Waals surface area contributed by atoms with E-state index in [1.807, 2.05) is 19.1 Å². The normalized spacial score (nSPS) is 10.3. The minimum absolute atomic E-state index is 0.0340. The Morgan fingerprint density at radius 3 is 2.48 bits per heavy atom. The van der Waals surface area contributed by atoms with Crippen molar-refractivity contribution in [3.05, 3.63) is 53.6 Å². The zero-order valence-electron chi connectivity index (χ0n) is 11.8. The van der Waals surface area contributed by atoms with Gasteiger partial charge in [0.05, 0.1) is 5.56 Å². The van der Waals surface area contributed by atoms with Gasteiger partial charge in [0, 0.05) is 12.2 Å². The predicted octanol–water partition coefficient (Wildman–Crippen LogP) is 2.46. The first-order valence-corrected chi connectivity index (χ1v) is 6.73. The summed E-state index contributed by atoms with van der Waals surface area (Å²) in [6.07, 6.45) is 0. The van der Waals surface area contributed by atoms with E-state index in [0.717, 1.165) is 18.7 Å². The smallest absolute Gasteiger partial charge is 0.259 e. The Labute approximate surface area is 123 Å². The molecule has 0 saturated carbocycles. The number of para-hydroxylation sites is 1. The molecule has 0 radical (unpaired) electrons. The molecule has 0 aromatic heterocycles. The van der Waals surface area contributed by atoms with Crippen molar-refractivity contribution in [3.63, 3.8) is 0 Å². The first-order chi connectivity index (χ1) is 10.1. The summed E-state index contributed by atoms with van der Waals surface area (Å²) in [6, 6.07) is 11.7. The number of hydrogen-bond acceptors (Lipinski definition) is 4. The summed E-state index contributed by atoms with van der Waals surface area (Å²) in [5, 5.41) is 25.0. The van der Waals surface area contributed by atoms with Gasteiger partial charge in [0.25, 0.3) is 5.91 Å². The molecular formula is C16H18N2O3. The molecule has 1 amide bonds. The molecule has 5 nitrogen and oxygen atoms in total. The molecule has 0 atom stereocenters. The molecule has 4 N–H and O–H groups in total. The molecule has 2 rings (SSSR count). The Hall–Kier alpha value is -2.53. The number of nitrogens with one attached hydrogen (secondary N) is 2. The van der Waals surface area contributed by atoms with Gasteiger partial charge in [0.2, 0.25) is 0 Å². The zero-order chi connectivity index (χ0) is 15.2. The van der Waals surface area contributed by atoms with Crippen molar-refractivity contribution < 1.29 is 15.0 Å². The van der Waals surface area contributed by atoms with Crippen molar-refractivity contribution in [2.75, 3.05) is 11.9 Å². The average Bonchev–Trinajstić information content (AvgIpc) is 2.49. The number of rotatable bonds is 5. The van der Waals surface area contributed by atoms with Crippen LogP contribution < -0.4 is 10.6 Å². The molecule has 0 aliphatic rings. The van der Waals surface area contributed by atoms with E-state index in [1.165, 1.54) is 18.2 Å². The van der Waals surface area contributed by atoms with Crippen LogP contribution in [0, 0.1) is 0 Å². The van der Waals surface area contributed by atoms with Gasteiger partial charge in [-0.05, 0) is 36.4 Å². The monoisotopic (exact) mass is 286 g/mol. The number of hydrogen-bond donors (Lipinski definition) is 4. The van der Waals surface area contributed by atoms with Crippen LogP contribution in [0.1, 0.15) is 22.8 Å². The molecule has 110 valence electrons. The van der Waals surface area contributed by atoms with Gasteiger partial charge in [-0.2, -0.15) is 0 Å². The van der Waals surface area contributed by atoms with Crippen LogP contribution in [0.3, 0.4) is 0 Å². The van der Waals surface area contributed by atoms with Crippen LogP contribution in [-0.4, -0.2) is 22.7 Å². The largest absolute Gasteiger partial charge is 0.504 e. The Bertz CT molecular complexity index is 624. The quantitative estimate of drug-likeness (QED) is 0.636. The van der Waals surface area contributed by atoms with Crippen LogP contribution in [0.4, 0.5) is 5.69 Å². The Morgan fingerprint density at radius 2 is 1.81 bits per heavy atom. The zero-order valence-corrected chi connectivity index (χ0v) is 11.8. The minimum atomic E-state index is -0.470. The lowest BCUT2D eigenvalue weighted by molar-refractivity contribution is 0.102. The Balaban J connectivity index is 2.07. The lowest BCUT2D eigenvalue weighted by atomic mass is 10.1. The maximum absolute atomic E-state index is 12.0. The van der Waals surface area contributed by atoms with E-state index in [4.69, 9.17) is 0 Å². The standard InChI is InChI=1S/C16H18N2O3/c1-2-17-10-11-6-8-12(9-7-11)18-16(21)13-4-3-5-14(19)15(13)20/h3-9,17,19-20H,2,10H2,1H3,(H,18,21). The van der Waals surface area contributed by atoms with Crippen LogP contribution in [0.25, 0.3) is 0 Å².